The van der Waals surface area contributed by atoms with E-state index in [1.165, 1.54) is 23.9 Å². The van der Waals surface area contributed by atoms with Crippen LogP contribution >= 0.6 is 11.8 Å². The van der Waals surface area contributed by atoms with E-state index in [4.69, 9.17) is 0 Å². The van der Waals surface area contributed by atoms with E-state index < -0.39 is 21.6 Å². The van der Waals surface area contributed by atoms with Crippen molar-refractivity contribution in [1.29, 1.82) is 0 Å². The number of sulfone groups is 1. The summed E-state index contributed by atoms with van der Waals surface area (Å²) in [5, 5.41) is 8.88. The van der Waals surface area contributed by atoms with Crippen LogP contribution in [0.1, 0.15) is 35.5 Å². The Labute approximate surface area is 160 Å². The van der Waals surface area contributed by atoms with E-state index in [0.717, 1.165) is 23.5 Å². The fraction of sp³-hybridized carbons (Fsp3) is 0.529. The summed E-state index contributed by atoms with van der Waals surface area (Å²) in [5.74, 6) is 1.19. The van der Waals surface area contributed by atoms with Crippen molar-refractivity contribution in [2.24, 2.45) is 13.0 Å². The van der Waals surface area contributed by atoms with Crippen molar-refractivity contribution in [2.75, 3.05) is 11.5 Å². The summed E-state index contributed by atoms with van der Waals surface area (Å²) in [6.45, 7) is 1.89. The van der Waals surface area contributed by atoms with Gasteiger partial charge in [0, 0.05) is 18.7 Å². The Kier molecular flexibility index (Phi) is 5.58. The first-order valence-electron chi connectivity index (χ1n) is 8.47. The maximum absolute atomic E-state index is 12.7. The number of nitrogens with zero attached hydrogens (tertiary/aromatic N) is 3. The number of hydrogen-bond donors (Lipinski definition) is 0. The molecular formula is C17H20F3N3O2S2. The minimum atomic E-state index is -4.35. The lowest BCUT2D eigenvalue weighted by Crippen LogP contribution is -2.11. The maximum Gasteiger partial charge on any atom is 0.416 e. The monoisotopic (exact) mass is 419 g/mol. The number of aromatic nitrogens is 3. The summed E-state index contributed by atoms with van der Waals surface area (Å²) in [5.41, 5.74) is 0.0929. The topological polar surface area (TPSA) is 64.8 Å². The number of alkyl halides is 3. The molecule has 0 amide bonds. The molecule has 2 unspecified atom stereocenters. The van der Waals surface area contributed by atoms with Crippen LogP contribution in [0.5, 0.6) is 0 Å². The first-order chi connectivity index (χ1) is 12.5. The van der Waals surface area contributed by atoms with E-state index in [1.807, 2.05) is 18.5 Å². The van der Waals surface area contributed by atoms with Crippen molar-refractivity contribution < 1.29 is 21.6 Å². The molecule has 0 radical (unpaired) electrons. The maximum atomic E-state index is 12.7. The Morgan fingerprint density at radius 3 is 2.48 bits per heavy atom. The van der Waals surface area contributed by atoms with E-state index in [-0.39, 0.29) is 22.7 Å². The number of thioether (sulfide) groups is 1. The molecule has 0 N–H and O–H groups in total. The highest BCUT2D eigenvalue weighted by atomic mass is 32.2. The Morgan fingerprint density at radius 1 is 1.26 bits per heavy atom. The van der Waals surface area contributed by atoms with Gasteiger partial charge in [0.15, 0.2) is 15.0 Å². The van der Waals surface area contributed by atoms with Crippen LogP contribution in [0.4, 0.5) is 13.2 Å². The number of benzene rings is 1. The van der Waals surface area contributed by atoms with Crippen LogP contribution in [0.25, 0.3) is 0 Å². The van der Waals surface area contributed by atoms with Gasteiger partial charge in [-0.2, -0.15) is 13.2 Å². The summed E-state index contributed by atoms with van der Waals surface area (Å²) < 4.78 is 63.0. The third-order valence-corrected chi connectivity index (χ3v) is 7.74. The number of hydrogen-bond acceptors (Lipinski definition) is 5. The second-order valence-corrected chi connectivity index (χ2v) is 10.3. The SMILES string of the molecule is CC(Sc1nnc(CC2CCS(=O)(=O)C2)n1C)c1ccc(C(F)(F)F)cc1. The van der Waals surface area contributed by atoms with E-state index in [1.54, 1.807) is 0 Å². The fourth-order valence-corrected chi connectivity index (χ4v) is 5.91. The molecule has 0 saturated carbocycles. The lowest BCUT2D eigenvalue weighted by Gasteiger charge is -2.13. The smallest absolute Gasteiger partial charge is 0.309 e. The highest BCUT2D eigenvalue weighted by molar-refractivity contribution is 7.99. The van der Waals surface area contributed by atoms with Crippen molar-refractivity contribution >= 4 is 21.6 Å². The zero-order valence-electron chi connectivity index (χ0n) is 14.9. The van der Waals surface area contributed by atoms with Gasteiger partial charge in [-0.15, -0.1) is 10.2 Å². The van der Waals surface area contributed by atoms with Crippen LogP contribution in [0, 0.1) is 5.92 Å². The molecule has 3 rings (SSSR count). The molecule has 0 aliphatic carbocycles. The van der Waals surface area contributed by atoms with Crippen molar-refractivity contribution in [2.45, 2.75) is 36.3 Å². The van der Waals surface area contributed by atoms with Crippen LogP contribution in [0.3, 0.4) is 0 Å². The second kappa shape index (κ2) is 7.46. The van der Waals surface area contributed by atoms with Gasteiger partial charge in [-0.1, -0.05) is 23.9 Å². The van der Waals surface area contributed by atoms with Gasteiger partial charge in [0.2, 0.25) is 0 Å². The normalized spacial score (nSPS) is 20.7. The summed E-state index contributed by atoms with van der Waals surface area (Å²) in [7, 11) is -1.11. The van der Waals surface area contributed by atoms with Crippen LogP contribution in [-0.2, 0) is 29.5 Å². The molecule has 1 aliphatic heterocycles. The van der Waals surface area contributed by atoms with Crippen molar-refractivity contribution in [3.63, 3.8) is 0 Å². The Balaban J connectivity index is 1.66. The Hall–Kier alpha value is -1.55. The predicted molar refractivity (Wildman–Crippen MR) is 97.2 cm³/mol. The quantitative estimate of drug-likeness (QED) is 0.692. The van der Waals surface area contributed by atoms with Gasteiger partial charge in [0.05, 0.1) is 17.1 Å². The molecule has 0 spiro atoms. The average Bonchev–Trinajstić information content (AvgIpc) is 3.10. The van der Waals surface area contributed by atoms with Crippen LogP contribution < -0.4 is 0 Å². The van der Waals surface area contributed by atoms with Crippen LogP contribution in [0.15, 0.2) is 29.4 Å². The Morgan fingerprint density at radius 2 is 1.93 bits per heavy atom. The van der Waals surface area contributed by atoms with Gasteiger partial charge in [-0.3, -0.25) is 0 Å². The van der Waals surface area contributed by atoms with Crippen molar-refractivity contribution in [3.05, 3.63) is 41.2 Å². The molecule has 27 heavy (non-hydrogen) atoms. The molecule has 10 heteroatoms. The van der Waals surface area contributed by atoms with Gasteiger partial charge in [-0.25, -0.2) is 8.42 Å². The summed E-state index contributed by atoms with van der Waals surface area (Å²) >= 11 is 1.41. The van der Waals surface area contributed by atoms with Crippen molar-refractivity contribution in [3.8, 4) is 0 Å². The lowest BCUT2D eigenvalue weighted by atomic mass is 10.1. The fourth-order valence-electron chi connectivity index (χ4n) is 3.09. The van der Waals surface area contributed by atoms with Crippen LogP contribution in [-0.4, -0.2) is 34.7 Å². The van der Waals surface area contributed by atoms with Gasteiger partial charge in [-0.05, 0) is 37.0 Å². The Bertz CT molecular complexity index is 908. The summed E-state index contributed by atoms with van der Waals surface area (Å²) in [4.78, 5) is 0. The zero-order valence-corrected chi connectivity index (χ0v) is 16.5. The van der Waals surface area contributed by atoms with Gasteiger partial charge in [0.25, 0.3) is 0 Å². The molecule has 2 atom stereocenters. The molecule has 5 nitrogen and oxygen atoms in total. The third-order valence-electron chi connectivity index (χ3n) is 4.71. The number of rotatable bonds is 5. The summed E-state index contributed by atoms with van der Waals surface area (Å²) in [6.07, 6.45) is -3.15. The minimum Gasteiger partial charge on any atom is -0.309 e. The van der Waals surface area contributed by atoms with E-state index in [2.05, 4.69) is 10.2 Å². The largest absolute Gasteiger partial charge is 0.416 e. The second-order valence-electron chi connectivity index (χ2n) is 6.81. The van der Waals surface area contributed by atoms with E-state index in [0.29, 0.717) is 18.0 Å². The average molecular weight is 419 g/mol. The lowest BCUT2D eigenvalue weighted by molar-refractivity contribution is -0.137. The van der Waals surface area contributed by atoms with Gasteiger partial charge < -0.3 is 4.57 Å². The third kappa shape index (κ3) is 4.84. The molecule has 2 aromatic rings. The first-order valence-corrected chi connectivity index (χ1v) is 11.2. The number of halogens is 3. The molecule has 1 aliphatic rings. The highest BCUT2D eigenvalue weighted by Gasteiger charge is 2.31. The molecule has 0 bridgehead atoms. The van der Waals surface area contributed by atoms with Crippen LogP contribution in [0.2, 0.25) is 0 Å². The molecule has 1 fully saturated rings. The molecule has 1 saturated heterocycles. The summed E-state index contributed by atoms with van der Waals surface area (Å²) in [6, 6.07) is 5.10. The first kappa shape index (κ1) is 20.2. The molecule has 1 aromatic carbocycles. The molecule has 2 heterocycles. The molecule has 1 aromatic heterocycles. The molecule has 148 valence electrons. The van der Waals surface area contributed by atoms with E-state index >= 15 is 0 Å². The van der Waals surface area contributed by atoms with Gasteiger partial charge in [0.1, 0.15) is 5.82 Å². The molecular weight excluding hydrogens is 399 g/mol. The minimum absolute atomic E-state index is 0.0584. The van der Waals surface area contributed by atoms with Gasteiger partial charge >= 0.3 is 6.18 Å². The highest BCUT2D eigenvalue weighted by Crippen LogP contribution is 2.36. The standard InChI is InChI=1S/C17H20F3N3O2S2/c1-11(13-3-5-14(6-4-13)17(18,19)20)26-16-22-21-15(23(16)2)9-12-7-8-27(24,25)10-12/h3-6,11-12H,7-10H2,1-2H3. The predicted octanol–water partition coefficient (Wildman–Crippen LogP) is 3.66. The zero-order chi connectivity index (χ0) is 19.8. The van der Waals surface area contributed by atoms with E-state index in [9.17, 15) is 21.6 Å². The van der Waals surface area contributed by atoms with Crippen molar-refractivity contribution in [1.82, 2.24) is 14.8 Å².